The minimum atomic E-state index is -3.99. The van der Waals surface area contributed by atoms with E-state index in [1.165, 1.54) is 16.4 Å². The number of carbonyl (C=O) groups is 3. The monoisotopic (exact) mass is 433 g/mol. The van der Waals surface area contributed by atoms with Crippen LogP contribution >= 0.6 is 11.6 Å². The summed E-state index contributed by atoms with van der Waals surface area (Å²) in [5.74, 6) is -1.88. The van der Waals surface area contributed by atoms with Crippen molar-refractivity contribution in [2.45, 2.75) is 31.0 Å². The van der Waals surface area contributed by atoms with Crippen molar-refractivity contribution in [1.29, 1.82) is 0 Å². The van der Waals surface area contributed by atoms with Crippen molar-refractivity contribution >= 4 is 39.5 Å². The second-order valence-corrected chi connectivity index (χ2v) is 8.53. The fourth-order valence-electron chi connectivity index (χ4n) is 2.68. The van der Waals surface area contributed by atoms with Gasteiger partial charge in [-0.1, -0.05) is 11.6 Å². The molecular weight excluding hydrogens is 414 g/mol. The minimum absolute atomic E-state index is 0.0604. The first-order valence-electron chi connectivity index (χ1n) is 8.22. The Morgan fingerprint density at radius 3 is 2.46 bits per heavy atom. The molecule has 0 bridgehead atoms. The van der Waals surface area contributed by atoms with E-state index >= 15 is 0 Å². The largest absolute Gasteiger partial charge is 0.452 e. The van der Waals surface area contributed by atoms with Gasteiger partial charge < -0.3 is 15.2 Å². The Labute approximate surface area is 167 Å². The minimum Gasteiger partial charge on any atom is -0.452 e. The average molecular weight is 434 g/mol. The standard InChI is InChI=1S/C16H20ClN3O7S/c1-9-6-20(7-10(2)27-9)28(24,25)13-5-11(3-4-12(13)17)15(22)26-8-14(21)19-16(18)23/h3-5,9-10H,6-8H2,1-2H3,(H3,18,19,21,23)/t9-,10-/m1/s1. The van der Waals surface area contributed by atoms with Gasteiger partial charge in [-0.25, -0.2) is 18.0 Å². The molecule has 0 spiro atoms. The van der Waals surface area contributed by atoms with E-state index in [0.717, 1.165) is 6.07 Å². The van der Waals surface area contributed by atoms with Gasteiger partial charge in [-0.15, -0.1) is 0 Å². The lowest BCUT2D eigenvalue weighted by Crippen LogP contribution is -2.48. The van der Waals surface area contributed by atoms with Gasteiger partial charge in [0.05, 0.1) is 22.8 Å². The van der Waals surface area contributed by atoms with Crippen molar-refractivity contribution in [3.8, 4) is 0 Å². The van der Waals surface area contributed by atoms with Crippen molar-refractivity contribution < 1.29 is 32.3 Å². The molecule has 1 fully saturated rings. The number of rotatable bonds is 5. The second kappa shape index (κ2) is 8.86. The smallest absolute Gasteiger partial charge is 0.338 e. The number of nitrogens with one attached hydrogen (secondary N) is 1. The molecule has 12 heteroatoms. The third-order valence-electron chi connectivity index (χ3n) is 3.77. The Morgan fingerprint density at radius 1 is 1.29 bits per heavy atom. The van der Waals surface area contributed by atoms with Crippen LogP contribution in [0.15, 0.2) is 23.1 Å². The Kier molecular flexibility index (Phi) is 6.99. The number of hydrogen-bond acceptors (Lipinski definition) is 7. The number of urea groups is 1. The summed E-state index contributed by atoms with van der Waals surface area (Å²) in [7, 11) is -3.99. The van der Waals surface area contributed by atoms with Crippen LogP contribution in [0.3, 0.4) is 0 Å². The van der Waals surface area contributed by atoms with Gasteiger partial charge in [0.1, 0.15) is 4.90 Å². The van der Waals surface area contributed by atoms with Crippen LogP contribution in [0.25, 0.3) is 0 Å². The lowest BCUT2D eigenvalue weighted by atomic mass is 10.2. The number of halogens is 1. The number of amides is 3. The molecule has 2 atom stereocenters. The van der Waals surface area contributed by atoms with E-state index in [2.05, 4.69) is 0 Å². The van der Waals surface area contributed by atoms with Gasteiger partial charge in [0.2, 0.25) is 10.0 Å². The van der Waals surface area contributed by atoms with Gasteiger partial charge >= 0.3 is 12.0 Å². The molecule has 28 heavy (non-hydrogen) atoms. The molecule has 154 valence electrons. The number of carbonyl (C=O) groups excluding carboxylic acids is 3. The van der Waals surface area contributed by atoms with Gasteiger partial charge in [0, 0.05) is 13.1 Å². The van der Waals surface area contributed by atoms with Crippen LogP contribution in [0, 0.1) is 0 Å². The molecule has 1 heterocycles. The van der Waals surface area contributed by atoms with Crippen LogP contribution in [0.1, 0.15) is 24.2 Å². The lowest BCUT2D eigenvalue weighted by Gasteiger charge is -2.34. The Balaban J connectivity index is 2.21. The van der Waals surface area contributed by atoms with Crippen molar-refractivity contribution in [3.63, 3.8) is 0 Å². The third-order valence-corrected chi connectivity index (χ3v) is 6.08. The van der Waals surface area contributed by atoms with Crippen molar-refractivity contribution in [2.24, 2.45) is 5.73 Å². The average Bonchev–Trinajstić information content (AvgIpc) is 2.58. The summed E-state index contributed by atoms with van der Waals surface area (Å²) < 4.78 is 37.5. The van der Waals surface area contributed by atoms with Crippen LogP contribution in [0.2, 0.25) is 5.02 Å². The highest BCUT2D eigenvalue weighted by molar-refractivity contribution is 7.89. The van der Waals surface area contributed by atoms with Crippen LogP contribution < -0.4 is 11.1 Å². The summed E-state index contributed by atoms with van der Waals surface area (Å²) in [5, 5.41) is 1.67. The summed E-state index contributed by atoms with van der Waals surface area (Å²) >= 11 is 6.06. The zero-order valence-electron chi connectivity index (χ0n) is 15.2. The zero-order chi connectivity index (χ0) is 21.1. The maximum absolute atomic E-state index is 13.0. The highest BCUT2D eigenvalue weighted by atomic mass is 35.5. The second-order valence-electron chi connectivity index (χ2n) is 6.21. The van der Waals surface area contributed by atoms with E-state index < -0.39 is 34.5 Å². The predicted octanol–water partition coefficient (Wildman–Crippen LogP) is 0.490. The number of primary amides is 1. The quantitative estimate of drug-likeness (QED) is 0.642. The molecule has 1 aliphatic rings. The number of sulfonamides is 1. The Hall–Kier alpha value is -2.21. The molecule has 0 saturated carbocycles. The van der Waals surface area contributed by atoms with Crippen LogP contribution in [-0.2, 0) is 24.3 Å². The molecule has 10 nitrogen and oxygen atoms in total. The fraction of sp³-hybridized carbons (Fsp3) is 0.438. The highest BCUT2D eigenvalue weighted by Crippen LogP contribution is 2.28. The maximum atomic E-state index is 13.0. The lowest BCUT2D eigenvalue weighted by molar-refractivity contribution is -0.123. The Morgan fingerprint density at radius 2 is 1.89 bits per heavy atom. The first-order chi connectivity index (χ1) is 13.0. The number of nitrogens with zero attached hydrogens (tertiary/aromatic N) is 1. The summed E-state index contributed by atoms with van der Waals surface area (Å²) in [6.07, 6.45) is -0.594. The molecule has 1 aromatic rings. The molecule has 2 rings (SSSR count). The summed E-state index contributed by atoms with van der Waals surface area (Å²) in [6.45, 7) is 3.04. The zero-order valence-corrected chi connectivity index (χ0v) is 16.7. The summed E-state index contributed by atoms with van der Waals surface area (Å²) in [5.41, 5.74) is 4.66. The highest BCUT2D eigenvalue weighted by Gasteiger charge is 2.34. The molecule has 1 aliphatic heterocycles. The fourth-order valence-corrected chi connectivity index (χ4v) is 4.77. The molecule has 3 N–H and O–H groups in total. The van der Waals surface area contributed by atoms with Gasteiger partial charge in [0.25, 0.3) is 5.91 Å². The number of ether oxygens (including phenoxy) is 2. The summed E-state index contributed by atoms with van der Waals surface area (Å²) in [6, 6.07) is 2.51. The third kappa shape index (κ3) is 5.41. The van der Waals surface area contributed by atoms with Crippen LogP contribution in [-0.4, -0.2) is 62.5 Å². The maximum Gasteiger partial charge on any atom is 0.338 e. The molecule has 0 unspecified atom stereocenters. The van der Waals surface area contributed by atoms with E-state index in [0.29, 0.717) is 0 Å². The molecule has 1 saturated heterocycles. The first-order valence-corrected chi connectivity index (χ1v) is 10.0. The molecule has 1 aromatic carbocycles. The van der Waals surface area contributed by atoms with E-state index in [1.54, 1.807) is 19.2 Å². The molecule has 0 aliphatic carbocycles. The molecular formula is C16H20ClN3O7S. The van der Waals surface area contributed by atoms with Crippen molar-refractivity contribution in [2.75, 3.05) is 19.7 Å². The van der Waals surface area contributed by atoms with Gasteiger partial charge in [-0.05, 0) is 32.0 Å². The van der Waals surface area contributed by atoms with Gasteiger partial charge in [-0.2, -0.15) is 4.31 Å². The van der Waals surface area contributed by atoms with E-state index in [1.807, 2.05) is 0 Å². The predicted molar refractivity (Wildman–Crippen MR) is 98.2 cm³/mol. The van der Waals surface area contributed by atoms with Gasteiger partial charge in [0.15, 0.2) is 6.61 Å². The number of hydrogen-bond donors (Lipinski definition) is 2. The number of esters is 1. The number of morpholine rings is 1. The van der Waals surface area contributed by atoms with E-state index in [9.17, 15) is 22.8 Å². The SMILES string of the molecule is C[C@@H]1CN(S(=O)(=O)c2cc(C(=O)OCC(=O)NC(N)=O)ccc2Cl)C[C@@H](C)O1. The number of benzene rings is 1. The number of imide groups is 1. The van der Waals surface area contributed by atoms with Crippen LogP contribution in [0.4, 0.5) is 4.79 Å². The van der Waals surface area contributed by atoms with Crippen molar-refractivity contribution in [1.82, 2.24) is 9.62 Å². The first kappa shape index (κ1) is 22.1. The van der Waals surface area contributed by atoms with Crippen LogP contribution in [0.5, 0.6) is 0 Å². The summed E-state index contributed by atoms with van der Waals surface area (Å²) in [4.78, 5) is 33.7. The van der Waals surface area contributed by atoms with E-state index in [-0.39, 0.29) is 40.8 Å². The molecule has 3 amide bonds. The normalized spacial score (nSPS) is 20.4. The van der Waals surface area contributed by atoms with Crippen molar-refractivity contribution in [3.05, 3.63) is 28.8 Å². The molecule has 0 aromatic heterocycles. The van der Waals surface area contributed by atoms with E-state index in [4.69, 9.17) is 26.8 Å². The topological polar surface area (TPSA) is 145 Å². The molecule has 0 radical (unpaired) electrons. The Bertz CT molecular complexity index is 880. The van der Waals surface area contributed by atoms with Gasteiger partial charge in [-0.3, -0.25) is 10.1 Å². The number of nitrogens with two attached hydrogens (primary N) is 1.